The van der Waals surface area contributed by atoms with Gasteiger partial charge in [0, 0.05) is 18.4 Å². The second-order valence-corrected chi connectivity index (χ2v) is 6.68. The number of piperidine rings is 1. The van der Waals surface area contributed by atoms with Gasteiger partial charge in [-0.2, -0.15) is 0 Å². The summed E-state index contributed by atoms with van der Waals surface area (Å²) in [6.45, 7) is 5.11. The highest BCUT2D eigenvalue weighted by Gasteiger charge is 2.22. The van der Waals surface area contributed by atoms with E-state index in [2.05, 4.69) is 17.6 Å². The van der Waals surface area contributed by atoms with Crippen LogP contribution in [0, 0.1) is 5.92 Å². The zero-order chi connectivity index (χ0) is 13.5. The van der Waals surface area contributed by atoms with Crippen molar-refractivity contribution in [1.29, 1.82) is 0 Å². The Hall–Kier alpha value is 0.0300. The van der Waals surface area contributed by atoms with Crippen LogP contribution in [0.25, 0.3) is 0 Å². The molecule has 3 unspecified atom stereocenters. The fraction of sp³-hybridized carbons (Fsp3) is 0.929. The van der Waals surface area contributed by atoms with Crippen LogP contribution in [0.3, 0.4) is 0 Å². The number of carbonyl (C=O) groups is 1. The number of ether oxygens (including phenoxy) is 1. The molecule has 118 valence electrons. The Labute approximate surface area is 132 Å². The minimum absolute atomic E-state index is 0. The highest BCUT2D eigenvalue weighted by Crippen LogP contribution is 2.17. The zero-order valence-corrected chi connectivity index (χ0v) is 13.9. The number of rotatable bonds is 5. The van der Waals surface area contributed by atoms with Gasteiger partial charge in [0.1, 0.15) is 0 Å². The monoisotopic (exact) mass is 322 g/mol. The molecule has 20 heavy (non-hydrogen) atoms. The van der Waals surface area contributed by atoms with Crippen LogP contribution in [0.4, 0.5) is 0 Å². The largest absolute Gasteiger partial charge is 0.377 e. The standard InChI is InChI=1S/C14H26N2O2S.ClH/c1-11-8-15-6-5-13(11)16-14(17)10-19-9-12-4-2-3-7-18-12;/h11-13,15H,2-10H2,1H3,(H,16,17);1H. The molecule has 2 N–H and O–H groups in total. The lowest BCUT2D eigenvalue weighted by molar-refractivity contribution is -0.119. The van der Waals surface area contributed by atoms with Crippen LogP contribution < -0.4 is 10.6 Å². The summed E-state index contributed by atoms with van der Waals surface area (Å²) in [6.07, 6.45) is 5.02. The summed E-state index contributed by atoms with van der Waals surface area (Å²) in [5, 5.41) is 6.52. The Morgan fingerprint density at radius 2 is 2.25 bits per heavy atom. The lowest BCUT2D eigenvalue weighted by atomic mass is 9.95. The summed E-state index contributed by atoms with van der Waals surface area (Å²) in [5.74, 6) is 2.23. The molecule has 0 radical (unpaired) electrons. The fourth-order valence-electron chi connectivity index (χ4n) is 2.70. The molecule has 3 atom stereocenters. The van der Waals surface area contributed by atoms with Crippen molar-refractivity contribution in [2.75, 3.05) is 31.2 Å². The normalized spacial score (nSPS) is 30.4. The van der Waals surface area contributed by atoms with E-state index in [1.807, 2.05) is 0 Å². The van der Waals surface area contributed by atoms with E-state index < -0.39 is 0 Å². The summed E-state index contributed by atoms with van der Waals surface area (Å²) < 4.78 is 5.67. The summed E-state index contributed by atoms with van der Waals surface area (Å²) >= 11 is 1.71. The van der Waals surface area contributed by atoms with E-state index >= 15 is 0 Å². The van der Waals surface area contributed by atoms with Crippen molar-refractivity contribution in [3.05, 3.63) is 0 Å². The molecule has 2 heterocycles. The summed E-state index contributed by atoms with van der Waals surface area (Å²) in [6, 6.07) is 0.347. The summed E-state index contributed by atoms with van der Waals surface area (Å²) in [4.78, 5) is 11.9. The molecule has 6 heteroatoms. The SMILES string of the molecule is CC1CNCCC1NC(=O)CSCC1CCCCO1.Cl. The van der Waals surface area contributed by atoms with Crippen LogP contribution in [-0.4, -0.2) is 49.3 Å². The molecular formula is C14H27ClN2O2S. The van der Waals surface area contributed by atoms with Gasteiger partial charge in [0.05, 0.1) is 11.9 Å². The number of carbonyl (C=O) groups excluding carboxylic acids is 1. The average Bonchev–Trinajstić information content (AvgIpc) is 2.43. The molecule has 0 aromatic heterocycles. The van der Waals surface area contributed by atoms with Crippen LogP contribution >= 0.6 is 24.2 Å². The fourth-order valence-corrected chi connectivity index (χ4v) is 3.61. The molecule has 4 nitrogen and oxygen atoms in total. The third-order valence-electron chi connectivity index (χ3n) is 3.94. The number of nitrogens with one attached hydrogen (secondary N) is 2. The highest BCUT2D eigenvalue weighted by atomic mass is 35.5. The summed E-state index contributed by atoms with van der Waals surface area (Å²) in [7, 11) is 0. The first-order valence-corrected chi connectivity index (χ1v) is 8.60. The van der Waals surface area contributed by atoms with Gasteiger partial charge < -0.3 is 15.4 Å². The van der Waals surface area contributed by atoms with Gasteiger partial charge in [0.15, 0.2) is 0 Å². The third-order valence-corrected chi connectivity index (χ3v) is 5.02. The van der Waals surface area contributed by atoms with Gasteiger partial charge in [-0.15, -0.1) is 24.2 Å². The number of hydrogen-bond acceptors (Lipinski definition) is 4. The van der Waals surface area contributed by atoms with Gasteiger partial charge >= 0.3 is 0 Å². The maximum atomic E-state index is 11.9. The van der Waals surface area contributed by atoms with E-state index in [4.69, 9.17) is 4.74 Å². The van der Waals surface area contributed by atoms with Gasteiger partial charge in [-0.05, 0) is 44.7 Å². The van der Waals surface area contributed by atoms with Crippen molar-refractivity contribution >= 4 is 30.1 Å². The zero-order valence-electron chi connectivity index (χ0n) is 12.2. The predicted molar refractivity (Wildman–Crippen MR) is 86.7 cm³/mol. The molecule has 0 aromatic carbocycles. The van der Waals surface area contributed by atoms with Gasteiger partial charge in [0.25, 0.3) is 0 Å². The molecule has 0 saturated carbocycles. The molecule has 0 aliphatic carbocycles. The minimum Gasteiger partial charge on any atom is -0.377 e. The molecule has 2 fully saturated rings. The molecule has 0 aromatic rings. The van der Waals surface area contributed by atoms with E-state index in [1.54, 1.807) is 11.8 Å². The first-order chi connectivity index (χ1) is 9.25. The van der Waals surface area contributed by atoms with Crippen molar-refractivity contribution in [2.45, 2.75) is 44.8 Å². The van der Waals surface area contributed by atoms with Crippen LogP contribution in [-0.2, 0) is 9.53 Å². The van der Waals surface area contributed by atoms with Gasteiger partial charge in [-0.3, -0.25) is 4.79 Å². The van der Waals surface area contributed by atoms with Crippen LogP contribution in [0.1, 0.15) is 32.6 Å². The minimum atomic E-state index is 0. The molecule has 2 aliphatic rings. The van der Waals surface area contributed by atoms with Crippen molar-refractivity contribution in [2.24, 2.45) is 5.92 Å². The van der Waals surface area contributed by atoms with Crippen molar-refractivity contribution < 1.29 is 9.53 Å². The van der Waals surface area contributed by atoms with Crippen LogP contribution in [0.2, 0.25) is 0 Å². The molecular weight excluding hydrogens is 296 g/mol. The Morgan fingerprint density at radius 3 is 2.95 bits per heavy atom. The van der Waals surface area contributed by atoms with Gasteiger partial charge in [-0.1, -0.05) is 6.92 Å². The first-order valence-electron chi connectivity index (χ1n) is 7.45. The second kappa shape index (κ2) is 9.87. The number of thioether (sulfide) groups is 1. The van der Waals surface area contributed by atoms with E-state index in [-0.39, 0.29) is 18.3 Å². The molecule has 2 saturated heterocycles. The Balaban J connectivity index is 0.00000200. The second-order valence-electron chi connectivity index (χ2n) is 5.65. The molecule has 2 rings (SSSR count). The van der Waals surface area contributed by atoms with E-state index in [0.717, 1.165) is 38.3 Å². The van der Waals surface area contributed by atoms with Crippen LogP contribution in [0.5, 0.6) is 0 Å². The maximum Gasteiger partial charge on any atom is 0.230 e. The summed E-state index contributed by atoms with van der Waals surface area (Å²) in [5.41, 5.74) is 0. The Kier molecular flexibility index (Phi) is 8.93. The smallest absolute Gasteiger partial charge is 0.230 e. The van der Waals surface area contributed by atoms with E-state index in [1.165, 1.54) is 12.8 Å². The lowest BCUT2D eigenvalue weighted by Gasteiger charge is -2.30. The average molecular weight is 323 g/mol. The van der Waals surface area contributed by atoms with E-state index in [9.17, 15) is 4.79 Å². The molecule has 0 spiro atoms. The number of halogens is 1. The third kappa shape index (κ3) is 6.20. The van der Waals surface area contributed by atoms with Crippen molar-refractivity contribution in [3.8, 4) is 0 Å². The highest BCUT2D eigenvalue weighted by molar-refractivity contribution is 7.99. The lowest BCUT2D eigenvalue weighted by Crippen LogP contribution is -2.48. The molecule has 2 aliphatic heterocycles. The van der Waals surface area contributed by atoms with Crippen molar-refractivity contribution in [1.82, 2.24) is 10.6 Å². The Bertz CT molecular complexity index is 288. The number of hydrogen-bond donors (Lipinski definition) is 2. The van der Waals surface area contributed by atoms with Gasteiger partial charge in [-0.25, -0.2) is 0 Å². The molecule has 1 amide bonds. The van der Waals surface area contributed by atoms with E-state index in [0.29, 0.717) is 23.8 Å². The number of amides is 1. The predicted octanol–water partition coefficient (Wildman–Crippen LogP) is 1.82. The maximum absolute atomic E-state index is 11.9. The quantitative estimate of drug-likeness (QED) is 0.811. The Morgan fingerprint density at radius 1 is 1.40 bits per heavy atom. The van der Waals surface area contributed by atoms with Crippen molar-refractivity contribution in [3.63, 3.8) is 0 Å². The molecule has 0 bridgehead atoms. The first kappa shape index (κ1) is 18.1. The topological polar surface area (TPSA) is 50.4 Å². The van der Waals surface area contributed by atoms with Crippen LogP contribution in [0.15, 0.2) is 0 Å². The van der Waals surface area contributed by atoms with Gasteiger partial charge in [0.2, 0.25) is 5.91 Å².